The molecular weight excluding hydrogens is 410 g/mol. The first-order valence-electron chi connectivity index (χ1n) is 11.1. The second-order valence-electron chi connectivity index (χ2n) is 9.62. The number of carbonyl (C=O) groups is 2. The van der Waals surface area contributed by atoms with Crippen molar-refractivity contribution < 1.29 is 9.59 Å². The molecule has 3 aliphatic carbocycles. The molecule has 3 unspecified atom stereocenters. The van der Waals surface area contributed by atoms with Crippen LogP contribution in [0.4, 0.5) is 5.69 Å². The first-order valence-corrected chi connectivity index (χ1v) is 11.5. The summed E-state index contributed by atoms with van der Waals surface area (Å²) in [5.74, 6) is 0.324. The third kappa shape index (κ3) is 3.59. The van der Waals surface area contributed by atoms with Crippen molar-refractivity contribution in [2.24, 2.45) is 17.3 Å². The average Bonchev–Trinajstić information content (AvgIpc) is 2.74. The van der Waals surface area contributed by atoms with Crippen LogP contribution in [0, 0.1) is 17.3 Å². The van der Waals surface area contributed by atoms with Gasteiger partial charge in [0.15, 0.2) is 0 Å². The van der Waals surface area contributed by atoms with E-state index >= 15 is 0 Å². The molecule has 2 aromatic rings. The Balaban J connectivity index is 1.27. The van der Waals surface area contributed by atoms with Crippen LogP contribution in [0.15, 0.2) is 48.5 Å². The molecule has 31 heavy (non-hydrogen) atoms. The number of nitrogens with one attached hydrogen (secondary N) is 3. The minimum absolute atomic E-state index is 0.0190. The minimum atomic E-state index is -0.460. The van der Waals surface area contributed by atoms with E-state index in [1.165, 1.54) is 0 Å². The van der Waals surface area contributed by atoms with E-state index in [-0.39, 0.29) is 29.1 Å². The Hall–Kier alpha value is -2.53. The quantitative estimate of drug-likeness (QED) is 0.664. The molecule has 3 saturated carbocycles. The molecular formula is C25H28ClN3O2. The van der Waals surface area contributed by atoms with E-state index in [1.54, 1.807) is 0 Å². The molecule has 4 aliphatic rings. The summed E-state index contributed by atoms with van der Waals surface area (Å²) in [6.07, 6.45) is 4.36. The number of fused-ring (bicyclic) bond motifs is 3. The van der Waals surface area contributed by atoms with E-state index in [0.29, 0.717) is 12.1 Å². The van der Waals surface area contributed by atoms with Gasteiger partial charge in [-0.2, -0.15) is 0 Å². The molecule has 0 saturated heterocycles. The number of hydrogen-bond acceptors (Lipinski definition) is 3. The number of anilines is 1. The van der Waals surface area contributed by atoms with Gasteiger partial charge >= 0.3 is 0 Å². The zero-order valence-corrected chi connectivity index (χ0v) is 18.5. The van der Waals surface area contributed by atoms with E-state index in [1.807, 2.05) is 48.5 Å². The van der Waals surface area contributed by atoms with E-state index < -0.39 is 5.66 Å². The number of benzene rings is 2. The molecule has 6 heteroatoms. The Morgan fingerprint density at radius 1 is 1.16 bits per heavy atom. The highest BCUT2D eigenvalue weighted by Gasteiger charge is 2.60. The minimum Gasteiger partial charge on any atom is -0.362 e. The number of amides is 2. The van der Waals surface area contributed by atoms with Crippen molar-refractivity contribution in [3.8, 4) is 0 Å². The highest BCUT2D eigenvalue weighted by molar-refractivity contribution is 6.30. The molecule has 0 aromatic heterocycles. The lowest BCUT2D eigenvalue weighted by Gasteiger charge is -2.60. The summed E-state index contributed by atoms with van der Waals surface area (Å²) in [6, 6.07) is 15.4. The van der Waals surface area contributed by atoms with Gasteiger partial charge in [0.1, 0.15) is 5.66 Å². The molecule has 2 aromatic carbocycles. The van der Waals surface area contributed by atoms with Crippen LogP contribution in [0.5, 0.6) is 0 Å². The predicted molar refractivity (Wildman–Crippen MR) is 122 cm³/mol. The summed E-state index contributed by atoms with van der Waals surface area (Å²) in [7, 11) is 0. The van der Waals surface area contributed by atoms with Crippen molar-refractivity contribution in [3.63, 3.8) is 0 Å². The zero-order chi connectivity index (χ0) is 21.6. The molecule has 4 atom stereocenters. The molecule has 0 radical (unpaired) electrons. The van der Waals surface area contributed by atoms with Crippen molar-refractivity contribution in [2.45, 2.75) is 44.7 Å². The van der Waals surface area contributed by atoms with E-state index in [0.717, 1.165) is 48.4 Å². The average molecular weight is 438 g/mol. The van der Waals surface area contributed by atoms with Crippen LogP contribution >= 0.6 is 11.6 Å². The Kier molecular flexibility index (Phi) is 4.97. The van der Waals surface area contributed by atoms with Crippen LogP contribution in [0.3, 0.4) is 0 Å². The molecule has 3 fully saturated rings. The molecule has 2 amide bonds. The van der Waals surface area contributed by atoms with Gasteiger partial charge in [-0.15, -0.1) is 0 Å². The van der Waals surface area contributed by atoms with Gasteiger partial charge in [0.2, 0.25) is 5.91 Å². The van der Waals surface area contributed by atoms with Gasteiger partial charge in [-0.05, 0) is 67.3 Å². The monoisotopic (exact) mass is 437 g/mol. The Labute approximate surface area is 187 Å². The van der Waals surface area contributed by atoms with Crippen LogP contribution in [-0.4, -0.2) is 24.0 Å². The van der Waals surface area contributed by atoms with Gasteiger partial charge in [-0.3, -0.25) is 9.59 Å². The highest BCUT2D eigenvalue weighted by atomic mass is 35.5. The fourth-order valence-corrected chi connectivity index (χ4v) is 6.08. The van der Waals surface area contributed by atoms with Gasteiger partial charge in [-0.25, -0.2) is 0 Å². The summed E-state index contributed by atoms with van der Waals surface area (Å²) in [5.41, 5.74) is 2.14. The fourth-order valence-electron chi connectivity index (χ4n) is 5.96. The van der Waals surface area contributed by atoms with Gasteiger partial charge < -0.3 is 16.0 Å². The number of hydrogen-bond donors (Lipinski definition) is 3. The van der Waals surface area contributed by atoms with Crippen LogP contribution in [-0.2, 0) is 11.2 Å². The highest BCUT2D eigenvalue weighted by Crippen LogP contribution is 2.58. The normalized spacial score (nSPS) is 31.0. The van der Waals surface area contributed by atoms with Crippen LogP contribution in [0.25, 0.3) is 0 Å². The molecule has 6 rings (SSSR count). The fraction of sp³-hybridized carbons (Fsp3) is 0.440. The maximum absolute atomic E-state index is 13.1. The maximum atomic E-state index is 13.1. The maximum Gasteiger partial charge on any atom is 0.255 e. The second-order valence-corrected chi connectivity index (χ2v) is 10.1. The lowest BCUT2D eigenvalue weighted by molar-refractivity contribution is -0.139. The number of para-hydroxylation sites is 1. The smallest absolute Gasteiger partial charge is 0.255 e. The van der Waals surface area contributed by atoms with Crippen LogP contribution in [0.1, 0.15) is 48.5 Å². The van der Waals surface area contributed by atoms with Crippen molar-refractivity contribution in [1.82, 2.24) is 10.6 Å². The summed E-state index contributed by atoms with van der Waals surface area (Å²) in [6.45, 7) is 2.83. The molecule has 162 valence electrons. The Bertz CT molecular complexity index is 1020. The molecule has 1 spiro atoms. The summed E-state index contributed by atoms with van der Waals surface area (Å²) in [5, 5.41) is 10.8. The van der Waals surface area contributed by atoms with Gasteiger partial charge in [0, 0.05) is 29.1 Å². The summed E-state index contributed by atoms with van der Waals surface area (Å²) in [4.78, 5) is 25.9. The Morgan fingerprint density at radius 3 is 2.71 bits per heavy atom. The zero-order valence-electron chi connectivity index (χ0n) is 17.7. The van der Waals surface area contributed by atoms with E-state index in [2.05, 4.69) is 22.9 Å². The van der Waals surface area contributed by atoms with Gasteiger partial charge in [0.25, 0.3) is 5.91 Å². The third-order valence-electron chi connectivity index (χ3n) is 7.61. The molecule has 1 aliphatic heterocycles. The predicted octanol–water partition coefficient (Wildman–Crippen LogP) is 4.38. The topological polar surface area (TPSA) is 70.2 Å². The largest absolute Gasteiger partial charge is 0.362 e. The first kappa shape index (κ1) is 20.4. The third-order valence-corrected chi connectivity index (χ3v) is 7.87. The van der Waals surface area contributed by atoms with Crippen molar-refractivity contribution in [2.75, 3.05) is 11.9 Å². The second kappa shape index (κ2) is 7.56. The van der Waals surface area contributed by atoms with Crippen molar-refractivity contribution in [1.29, 1.82) is 0 Å². The Morgan fingerprint density at radius 2 is 1.94 bits per heavy atom. The lowest BCUT2D eigenvalue weighted by Crippen LogP contribution is -2.70. The number of rotatable bonds is 4. The van der Waals surface area contributed by atoms with E-state index in [4.69, 9.17) is 11.6 Å². The standard InChI is InChI=1S/C25H28ClN3O2/c1-24-12-10-17(25(15-24)28-21-5-3-2-4-19(21)22(30)29-25)14-20(24)23(31)27-13-11-16-6-8-18(26)9-7-16/h2-9,17,20,28H,10-15H2,1H3,(H,27,31)(H,29,30)/t17?,20?,24?,25-/m1/s1. The lowest BCUT2D eigenvalue weighted by atomic mass is 9.51. The molecule has 1 heterocycles. The molecule has 3 N–H and O–H groups in total. The van der Waals surface area contributed by atoms with Crippen LogP contribution < -0.4 is 16.0 Å². The van der Waals surface area contributed by atoms with Crippen molar-refractivity contribution >= 4 is 29.1 Å². The summed E-state index contributed by atoms with van der Waals surface area (Å²) < 4.78 is 0. The van der Waals surface area contributed by atoms with Gasteiger partial charge in [0.05, 0.1) is 5.56 Å². The SMILES string of the molecule is CC12CCC(CC1C(=O)NCCc1ccc(Cl)cc1)[C@@]1(C2)NC(=O)c2ccccc2N1. The first-order chi connectivity index (χ1) is 14.9. The van der Waals surface area contributed by atoms with Crippen molar-refractivity contribution in [3.05, 3.63) is 64.7 Å². The van der Waals surface area contributed by atoms with Crippen LogP contribution in [0.2, 0.25) is 5.02 Å². The summed E-state index contributed by atoms with van der Waals surface area (Å²) >= 11 is 5.95. The molecule has 2 bridgehead atoms. The molecule has 5 nitrogen and oxygen atoms in total. The number of carbonyl (C=O) groups excluding carboxylic acids is 2. The number of halogens is 1. The van der Waals surface area contributed by atoms with E-state index in [9.17, 15) is 9.59 Å². The van der Waals surface area contributed by atoms with Gasteiger partial charge in [-0.1, -0.05) is 42.8 Å².